The van der Waals surface area contributed by atoms with Crippen molar-refractivity contribution in [2.75, 3.05) is 4.90 Å². The summed E-state index contributed by atoms with van der Waals surface area (Å²) in [4.78, 5) is 27.9. The van der Waals surface area contributed by atoms with E-state index in [-0.39, 0.29) is 38.0 Å². The number of benzene rings is 3. The van der Waals surface area contributed by atoms with Gasteiger partial charge < -0.3 is 4.42 Å². The average molecular weight is 508 g/mol. The van der Waals surface area contributed by atoms with E-state index in [1.165, 1.54) is 30.3 Å². The highest BCUT2D eigenvalue weighted by molar-refractivity contribution is 6.42. The molecular formula is C24H11Cl2F4NO3. The maximum absolute atomic E-state index is 13.9. The molecular weight excluding hydrogens is 497 g/mol. The number of hydrogen-bond donors (Lipinski definition) is 0. The van der Waals surface area contributed by atoms with Gasteiger partial charge in [0, 0.05) is 5.69 Å². The normalized spacial score (nSPS) is 15.8. The molecule has 0 fully saturated rings. The zero-order valence-corrected chi connectivity index (χ0v) is 18.3. The number of halogens is 6. The zero-order chi connectivity index (χ0) is 24.4. The van der Waals surface area contributed by atoms with Crippen LogP contribution >= 0.6 is 23.2 Å². The summed E-state index contributed by atoms with van der Waals surface area (Å²) in [6.07, 6.45) is -4.66. The zero-order valence-electron chi connectivity index (χ0n) is 16.8. The molecule has 0 N–H and O–H groups in total. The van der Waals surface area contributed by atoms with Gasteiger partial charge in [-0.3, -0.25) is 14.5 Å². The first kappa shape index (κ1) is 22.4. The van der Waals surface area contributed by atoms with Gasteiger partial charge in [0.15, 0.2) is 5.43 Å². The highest BCUT2D eigenvalue weighted by atomic mass is 35.5. The Bertz CT molecular complexity index is 1550. The molecule has 4 aromatic rings. The van der Waals surface area contributed by atoms with Crippen molar-refractivity contribution >= 4 is 45.8 Å². The van der Waals surface area contributed by atoms with Crippen LogP contribution in [0.1, 0.15) is 33.3 Å². The lowest BCUT2D eigenvalue weighted by Gasteiger charge is -2.26. The van der Waals surface area contributed by atoms with Crippen molar-refractivity contribution in [3.63, 3.8) is 0 Å². The van der Waals surface area contributed by atoms with Crippen molar-refractivity contribution in [2.24, 2.45) is 0 Å². The molecule has 5 rings (SSSR count). The lowest BCUT2D eigenvalue weighted by Crippen LogP contribution is -2.29. The molecule has 172 valence electrons. The van der Waals surface area contributed by atoms with Crippen LogP contribution in [0.2, 0.25) is 10.0 Å². The molecule has 4 nitrogen and oxygen atoms in total. The Balaban J connectivity index is 1.81. The number of fused-ring (bicyclic) bond motifs is 2. The second-order valence-electron chi connectivity index (χ2n) is 7.61. The van der Waals surface area contributed by atoms with Crippen LogP contribution in [0.5, 0.6) is 0 Å². The quantitative estimate of drug-likeness (QED) is 0.274. The predicted molar refractivity (Wildman–Crippen MR) is 119 cm³/mol. The van der Waals surface area contributed by atoms with Crippen LogP contribution in [-0.2, 0) is 6.18 Å². The molecule has 0 bridgehead atoms. The van der Waals surface area contributed by atoms with Crippen molar-refractivity contribution in [1.82, 2.24) is 0 Å². The third-order valence-electron chi connectivity index (χ3n) is 5.54. The van der Waals surface area contributed by atoms with E-state index in [1.54, 1.807) is 0 Å². The molecule has 1 aliphatic rings. The highest BCUT2D eigenvalue weighted by Crippen LogP contribution is 2.43. The van der Waals surface area contributed by atoms with Gasteiger partial charge in [-0.05, 0) is 54.1 Å². The fourth-order valence-corrected chi connectivity index (χ4v) is 4.35. The van der Waals surface area contributed by atoms with Crippen molar-refractivity contribution < 1.29 is 26.8 Å². The van der Waals surface area contributed by atoms with Crippen molar-refractivity contribution in [3.8, 4) is 0 Å². The van der Waals surface area contributed by atoms with Crippen LogP contribution in [-0.4, -0.2) is 5.91 Å². The number of nitrogens with zero attached hydrogens (tertiary/aromatic N) is 1. The van der Waals surface area contributed by atoms with Gasteiger partial charge in [0.2, 0.25) is 5.76 Å². The second-order valence-corrected chi connectivity index (χ2v) is 8.43. The Hall–Kier alpha value is -3.36. The number of carbonyl (C=O) groups excluding carboxylic acids is 1. The summed E-state index contributed by atoms with van der Waals surface area (Å²) in [6, 6.07) is 10.5. The van der Waals surface area contributed by atoms with Crippen LogP contribution < -0.4 is 10.3 Å². The molecule has 1 aromatic heterocycles. The van der Waals surface area contributed by atoms with E-state index in [0.29, 0.717) is 5.56 Å². The third-order valence-corrected chi connectivity index (χ3v) is 6.28. The summed E-state index contributed by atoms with van der Waals surface area (Å²) in [5.41, 5.74) is -1.64. The summed E-state index contributed by atoms with van der Waals surface area (Å²) in [5, 5.41) is 0.205. The molecule has 1 amide bonds. The number of amides is 1. The van der Waals surface area contributed by atoms with E-state index in [2.05, 4.69) is 0 Å². The van der Waals surface area contributed by atoms with E-state index in [4.69, 9.17) is 27.6 Å². The van der Waals surface area contributed by atoms with Gasteiger partial charge in [-0.1, -0.05) is 35.3 Å². The van der Waals surface area contributed by atoms with Gasteiger partial charge in [0.25, 0.3) is 5.91 Å². The SMILES string of the molecule is O=C1c2oc3ccc(F)cc3c(=O)c2C(c2ccc(Cl)c(Cl)c2)N1c1cccc(C(F)(F)F)c1. The van der Waals surface area contributed by atoms with Crippen LogP contribution in [0.3, 0.4) is 0 Å². The first-order chi connectivity index (χ1) is 16.1. The Morgan fingerprint density at radius 1 is 0.912 bits per heavy atom. The third kappa shape index (κ3) is 3.54. The molecule has 0 saturated carbocycles. The fourth-order valence-electron chi connectivity index (χ4n) is 4.04. The van der Waals surface area contributed by atoms with Gasteiger partial charge in [-0.2, -0.15) is 13.2 Å². The number of hydrogen-bond acceptors (Lipinski definition) is 3. The molecule has 1 atom stereocenters. The number of rotatable bonds is 2. The molecule has 2 heterocycles. The summed E-state index contributed by atoms with van der Waals surface area (Å²) in [5.74, 6) is -1.86. The van der Waals surface area contributed by atoms with Crippen molar-refractivity contribution in [1.29, 1.82) is 0 Å². The highest BCUT2D eigenvalue weighted by Gasteiger charge is 2.44. The molecule has 10 heteroatoms. The van der Waals surface area contributed by atoms with E-state index >= 15 is 0 Å². The summed E-state index contributed by atoms with van der Waals surface area (Å²) < 4.78 is 59.7. The number of anilines is 1. The molecule has 3 aromatic carbocycles. The largest absolute Gasteiger partial charge is 0.450 e. The van der Waals surface area contributed by atoms with Gasteiger partial charge in [-0.25, -0.2) is 4.39 Å². The molecule has 1 aliphatic heterocycles. The topological polar surface area (TPSA) is 50.5 Å². The number of alkyl halides is 3. The van der Waals surface area contributed by atoms with Crippen LogP contribution in [0.15, 0.2) is 69.9 Å². The molecule has 0 radical (unpaired) electrons. The monoisotopic (exact) mass is 507 g/mol. The smallest absolute Gasteiger partial charge is 0.416 e. The van der Waals surface area contributed by atoms with E-state index < -0.39 is 34.9 Å². The van der Waals surface area contributed by atoms with Crippen LogP contribution in [0, 0.1) is 5.82 Å². The Morgan fingerprint density at radius 2 is 1.68 bits per heavy atom. The summed E-state index contributed by atoms with van der Waals surface area (Å²) in [7, 11) is 0. The van der Waals surface area contributed by atoms with Gasteiger partial charge in [-0.15, -0.1) is 0 Å². The number of carbonyl (C=O) groups is 1. The minimum absolute atomic E-state index is 0.0303. The second kappa shape index (κ2) is 7.85. The van der Waals surface area contributed by atoms with Gasteiger partial charge >= 0.3 is 6.18 Å². The molecule has 0 spiro atoms. The molecule has 34 heavy (non-hydrogen) atoms. The van der Waals surface area contributed by atoms with E-state index in [9.17, 15) is 27.2 Å². The first-order valence-corrected chi connectivity index (χ1v) is 10.5. The van der Waals surface area contributed by atoms with Gasteiger partial charge in [0.1, 0.15) is 11.4 Å². The fraction of sp³-hybridized carbons (Fsp3) is 0.0833. The van der Waals surface area contributed by atoms with Crippen LogP contribution in [0.4, 0.5) is 23.2 Å². The molecule has 0 saturated heterocycles. The maximum Gasteiger partial charge on any atom is 0.416 e. The Morgan fingerprint density at radius 3 is 2.38 bits per heavy atom. The van der Waals surface area contributed by atoms with Crippen LogP contribution in [0.25, 0.3) is 11.0 Å². The van der Waals surface area contributed by atoms with Gasteiger partial charge in [0.05, 0.1) is 32.6 Å². The van der Waals surface area contributed by atoms with E-state index in [1.807, 2.05) is 0 Å². The Labute approximate surface area is 198 Å². The minimum Gasteiger partial charge on any atom is -0.450 e. The lowest BCUT2D eigenvalue weighted by molar-refractivity contribution is -0.137. The predicted octanol–water partition coefficient (Wildman–Crippen LogP) is 7.01. The van der Waals surface area contributed by atoms with Crippen molar-refractivity contribution in [2.45, 2.75) is 12.2 Å². The standard InChI is InChI=1S/C24H11Cl2F4NO3/c25-16-6-4-11(8-17(16)26)20-19-21(32)15-10-13(27)5-7-18(15)34-22(19)23(33)31(20)14-3-1-2-12(9-14)24(28,29)30/h1-10,20H. The molecule has 0 aliphatic carbocycles. The first-order valence-electron chi connectivity index (χ1n) is 9.78. The van der Waals surface area contributed by atoms with E-state index in [0.717, 1.165) is 35.2 Å². The molecule has 1 unspecified atom stereocenters. The summed E-state index contributed by atoms with van der Waals surface area (Å²) >= 11 is 12.2. The minimum atomic E-state index is -4.66. The van der Waals surface area contributed by atoms with Crippen molar-refractivity contribution in [3.05, 3.63) is 109 Å². The average Bonchev–Trinajstić information content (AvgIpc) is 3.08. The maximum atomic E-state index is 13.9. The Kier molecular flexibility index (Phi) is 5.18. The summed E-state index contributed by atoms with van der Waals surface area (Å²) in [6.45, 7) is 0. The lowest BCUT2D eigenvalue weighted by atomic mass is 9.98.